The molecule has 2 aliphatic rings. The van der Waals surface area contributed by atoms with Gasteiger partial charge in [0, 0.05) is 11.8 Å². The predicted molar refractivity (Wildman–Crippen MR) is 132 cm³/mol. The standard InChI is InChI=1S/C27H32FN5O3/c1-2-27(35,19-11-12-23(28)24(14-19)36-16-18-9-10-18)17-33-20(15-30-32-33)6-3-4-7-22-21-8-5-13-29-25(21)31-26(22)34/h5,8,11-15,18,22,35H,2-4,6-7,9-10,16-17H2,1H3,(H,29,31,34). The topological polar surface area (TPSA) is 102 Å². The lowest BCUT2D eigenvalue weighted by Crippen LogP contribution is -2.32. The van der Waals surface area contributed by atoms with Crippen LogP contribution in [0.2, 0.25) is 0 Å². The Hall–Kier alpha value is -3.33. The van der Waals surface area contributed by atoms with Crippen molar-refractivity contribution in [2.45, 2.75) is 69.9 Å². The first-order valence-electron chi connectivity index (χ1n) is 12.7. The number of carbonyl (C=O) groups excluding carboxylic acids is 1. The van der Waals surface area contributed by atoms with Crippen LogP contribution in [0.25, 0.3) is 0 Å². The van der Waals surface area contributed by atoms with E-state index in [1.807, 2.05) is 19.1 Å². The number of ether oxygens (including phenoxy) is 1. The molecule has 1 aliphatic heterocycles. The second-order valence-corrected chi connectivity index (χ2v) is 9.90. The quantitative estimate of drug-likeness (QED) is 0.364. The second-order valence-electron chi connectivity index (χ2n) is 9.90. The zero-order valence-electron chi connectivity index (χ0n) is 20.5. The van der Waals surface area contributed by atoms with Crippen LogP contribution in [0.1, 0.15) is 68.2 Å². The molecule has 0 bridgehead atoms. The first-order valence-corrected chi connectivity index (χ1v) is 12.7. The average Bonchev–Trinajstić information content (AvgIpc) is 3.53. The molecule has 1 amide bonds. The molecule has 2 aromatic heterocycles. The number of pyridine rings is 1. The summed E-state index contributed by atoms with van der Waals surface area (Å²) in [6, 6.07) is 8.38. The van der Waals surface area contributed by atoms with Crippen LogP contribution < -0.4 is 10.1 Å². The van der Waals surface area contributed by atoms with Gasteiger partial charge in [0.25, 0.3) is 0 Å². The summed E-state index contributed by atoms with van der Waals surface area (Å²) >= 11 is 0. The van der Waals surface area contributed by atoms with Gasteiger partial charge in [0.15, 0.2) is 11.6 Å². The van der Waals surface area contributed by atoms with E-state index in [-0.39, 0.29) is 24.1 Å². The number of nitrogens with one attached hydrogen (secondary N) is 1. The van der Waals surface area contributed by atoms with Crippen molar-refractivity contribution in [1.29, 1.82) is 0 Å². The number of halogens is 1. The first-order chi connectivity index (χ1) is 17.5. The predicted octanol–water partition coefficient (Wildman–Crippen LogP) is 4.35. The molecule has 36 heavy (non-hydrogen) atoms. The van der Waals surface area contributed by atoms with Crippen molar-refractivity contribution in [3.63, 3.8) is 0 Å². The van der Waals surface area contributed by atoms with Crippen LogP contribution in [0, 0.1) is 11.7 Å². The van der Waals surface area contributed by atoms with Gasteiger partial charge in [-0.25, -0.2) is 14.1 Å². The minimum Gasteiger partial charge on any atom is -0.490 e. The Morgan fingerprint density at radius 3 is 2.94 bits per heavy atom. The minimum absolute atomic E-state index is 0.00296. The SMILES string of the molecule is CCC(O)(Cn1nncc1CCCCC1C(=O)Nc2ncccc21)c1ccc(F)c(OCC2CC2)c1. The number of anilines is 1. The fraction of sp³-hybridized carbons (Fsp3) is 0.481. The van der Waals surface area contributed by atoms with E-state index in [0.29, 0.717) is 30.3 Å². The van der Waals surface area contributed by atoms with E-state index in [9.17, 15) is 14.3 Å². The van der Waals surface area contributed by atoms with E-state index in [0.717, 1.165) is 49.8 Å². The maximum atomic E-state index is 14.3. The average molecular weight is 494 g/mol. The molecule has 1 fully saturated rings. The Balaban J connectivity index is 1.20. The Bertz CT molecular complexity index is 1230. The number of aryl methyl sites for hydroxylation is 1. The van der Waals surface area contributed by atoms with Crippen LogP contribution in [-0.2, 0) is 23.4 Å². The number of rotatable bonds is 12. The molecular weight excluding hydrogens is 461 g/mol. The van der Waals surface area contributed by atoms with Gasteiger partial charge in [0.05, 0.1) is 31.0 Å². The Morgan fingerprint density at radius 2 is 2.14 bits per heavy atom. The molecule has 2 unspecified atom stereocenters. The summed E-state index contributed by atoms with van der Waals surface area (Å²) in [5.74, 6) is 0.757. The molecule has 190 valence electrons. The number of carbonyl (C=O) groups is 1. The number of hydrogen-bond acceptors (Lipinski definition) is 6. The highest BCUT2D eigenvalue weighted by molar-refractivity contribution is 6.01. The highest BCUT2D eigenvalue weighted by Gasteiger charge is 2.32. The van der Waals surface area contributed by atoms with Crippen LogP contribution in [0.15, 0.2) is 42.7 Å². The largest absolute Gasteiger partial charge is 0.490 e. The summed E-state index contributed by atoms with van der Waals surface area (Å²) in [4.78, 5) is 16.6. The van der Waals surface area contributed by atoms with Crippen LogP contribution in [0.3, 0.4) is 0 Å². The summed E-state index contributed by atoms with van der Waals surface area (Å²) in [5, 5.41) is 22.6. The van der Waals surface area contributed by atoms with E-state index in [2.05, 4.69) is 20.6 Å². The van der Waals surface area contributed by atoms with Crippen molar-refractivity contribution in [1.82, 2.24) is 20.0 Å². The monoisotopic (exact) mass is 493 g/mol. The van der Waals surface area contributed by atoms with Crippen molar-refractivity contribution in [3.05, 3.63) is 65.4 Å². The Kier molecular flexibility index (Phi) is 7.00. The van der Waals surface area contributed by atoms with E-state index in [1.165, 1.54) is 6.07 Å². The van der Waals surface area contributed by atoms with Gasteiger partial charge in [-0.1, -0.05) is 30.7 Å². The fourth-order valence-electron chi connectivity index (χ4n) is 4.75. The molecule has 2 N–H and O–H groups in total. The van der Waals surface area contributed by atoms with E-state index in [1.54, 1.807) is 29.2 Å². The van der Waals surface area contributed by atoms with E-state index >= 15 is 0 Å². The molecular formula is C27H32FN5O3. The van der Waals surface area contributed by atoms with Gasteiger partial charge in [-0.15, -0.1) is 5.10 Å². The van der Waals surface area contributed by atoms with Gasteiger partial charge in [-0.2, -0.15) is 0 Å². The zero-order chi connectivity index (χ0) is 25.1. The van der Waals surface area contributed by atoms with Crippen molar-refractivity contribution in [2.75, 3.05) is 11.9 Å². The third-order valence-electron chi connectivity index (χ3n) is 7.28. The Labute approximate surface area is 209 Å². The van der Waals surface area contributed by atoms with Crippen molar-refractivity contribution in [2.24, 2.45) is 5.92 Å². The molecule has 0 saturated heterocycles. The van der Waals surface area contributed by atoms with Crippen LogP contribution in [-0.4, -0.2) is 37.6 Å². The first kappa shape index (κ1) is 24.4. The number of fused-ring (bicyclic) bond motifs is 1. The zero-order valence-corrected chi connectivity index (χ0v) is 20.5. The molecule has 1 aliphatic carbocycles. The molecule has 9 heteroatoms. The number of hydrogen-bond donors (Lipinski definition) is 2. The molecule has 0 radical (unpaired) electrons. The van der Waals surface area contributed by atoms with Gasteiger partial charge in [0.1, 0.15) is 11.4 Å². The van der Waals surface area contributed by atoms with Crippen molar-refractivity contribution in [3.8, 4) is 5.75 Å². The summed E-state index contributed by atoms with van der Waals surface area (Å²) in [6.07, 6.45) is 9.23. The maximum Gasteiger partial charge on any atom is 0.233 e. The number of unbranched alkanes of at least 4 members (excludes halogenated alkanes) is 1. The van der Waals surface area contributed by atoms with Crippen molar-refractivity contribution >= 4 is 11.7 Å². The number of aromatic nitrogens is 4. The molecule has 2 atom stereocenters. The lowest BCUT2D eigenvalue weighted by atomic mass is 9.90. The van der Waals surface area contributed by atoms with Gasteiger partial charge in [0.2, 0.25) is 5.91 Å². The van der Waals surface area contributed by atoms with Crippen molar-refractivity contribution < 1.29 is 19.0 Å². The normalized spacial score (nSPS) is 18.5. The summed E-state index contributed by atoms with van der Waals surface area (Å²) in [5.41, 5.74) is 1.22. The smallest absolute Gasteiger partial charge is 0.233 e. The summed E-state index contributed by atoms with van der Waals surface area (Å²) in [7, 11) is 0. The summed E-state index contributed by atoms with van der Waals surface area (Å²) in [6.45, 7) is 2.60. The van der Waals surface area contributed by atoms with Gasteiger partial charge in [-0.05, 0) is 68.2 Å². The highest BCUT2D eigenvalue weighted by Crippen LogP contribution is 2.35. The lowest BCUT2D eigenvalue weighted by Gasteiger charge is -2.28. The lowest BCUT2D eigenvalue weighted by molar-refractivity contribution is -0.117. The maximum absolute atomic E-state index is 14.3. The molecule has 5 rings (SSSR count). The third kappa shape index (κ3) is 5.26. The molecule has 1 aromatic carbocycles. The van der Waals surface area contributed by atoms with Crippen LogP contribution in [0.4, 0.5) is 10.2 Å². The number of amides is 1. The highest BCUT2D eigenvalue weighted by atomic mass is 19.1. The van der Waals surface area contributed by atoms with Gasteiger partial charge in [-0.3, -0.25) is 4.79 Å². The molecule has 3 aromatic rings. The molecule has 3 heterocycles. The molecule has 0 spiro atoms. The molecule has 1 saturated carbocycles. The van der Waals surface area contributed by atoms with Crippen LogP contribution >= 0.6 is 0 Å². The van der Waals surface area contributed by atoms with Gasteiger partial charge >= 0.3 is 0 Å². The number of benzene rings is 1. The van der Waals surface area contributed by atoms with E-state index < -0.39 is 11.4 Å². The molecule has 8 nitrogen and oxygen atoms in total. The van der Waals surface area contributed by atoms with E-state index in [4.69, 9.17) is 4.74 Å². The fourth-order valence-corrected chi connectivity index (χ4v) is 4.75. The van der Waals surface area contributed by atoms with Gasteiger partial charge < -0.3 is 15.2 Å². The number of nitrogens with zero attached hydrogens (tertiary/aromatic N) is 4. The van der Waals surface area contributed by atoms with Crippen LogP contribution in [0.5, 0.6) is 5.75 Å². The Morgan fingerprint density at radius 1 is 1.28 bits per heavy atom. The number of aliphatic hydroxyl groups is 1. The second kappa shape index (κ2) is 10.3. The minimum atomic E-state index is -1.24. The summed E-state index contributed by atoms with van der Waals surface area (Å²) < 4.78 is 21.7. The third-order valence-corrected chi connectivity index (χ3v) is 7.28.